The summed E-state index contributed by atoms with van der Waals surface area (Å²) in [6.45, 7) is 12.7. The van der Waals surface area contributed by atoms with Crippen LogP contribution in [-0.4, -0.2) is 20.3 Å². The monoisotopic (exact) mass is 460 g/mol. The second-order valence-electron chi connectivity index (χ2n) is 8.68. The summed E-state index contributed by atoms with van der Waals surface area (Å²) in [4.78, 5) is 0. The first-order valence-electron chi connectivity index (χ1n) is 10.9. The maximum absolute atomic E-state index is 7.24. The van der Waals surface area contributed by atoms with Gasteiger partial charge in [-0.25, -0.2) is 0 Å². The summed E-state index contributed by atoms with van der Waals surface area (Å²) in [5.41, 5.74) is 10.2. The summed E-state index contributed by atoms with van der Waals surface area (Å²) < 4.78 is 6.40. The van der Waals surface area contributed by atoms with Gasteiger partial charge in [0, 0.05) is 17.1 Å². The first kappa shape index (κ1) is 23.0. The summed E-state index contributed by atoms with van der Waals surface area (Å²) in [7, 11) is 2.07. The zero-order chi connectivity index (χ0) is 23.2. The Labute approximate surface area is 203 Å². The van der Waals surface area contributed by atoms with Crippen LogP contribution in [0.3, 0.4) is 0 Å². The molecular weight excluding hydrogens is 434 g/mol. The van der Waals surface area contributed by atoms with E-state index in [2.05, 4.69) is 118 Å². The van der Waals surface area contributed by atoms with Gasteiger partial charge in [-0.2, -0.15) is 0 Å². The van der Waals surface area contributed by atoms with Crippen molar-refractivity contribution in [3.63, 3.8) is 0 Å². The Morgan fingerprint density at radius 2 is 0.812 bits per heavy atom. The number of para-hydroxylation sites is 3. The van der Waals surface area contributed by atoms with Crippen LogP contribution < -0.4 is 14.2 Å². The molecule has 1 aliphatic rings. The number of rotatable bonds is 3. The van der Waals surface area contributed by atoms with Crippen LogP contribution in [0.5, 0.6) is 0 Å². The highest BCUT2D eigenvalue weighted by molar-refractivity contribution is 7.30. The molecule has 1 fully saturated rings. The van der Waals surface area contributed by atoms with Crippen LogP contribution in [-0.2, 0) is 0 Å². The van der Waals surface area contributed by atoms with E-state index in [1.54, 1.807) is 0 Å². The maximum Gasteiger partial charge on any atom is 0.463 e. The van der Waals surface area contributed by atoms with Crippen molar-refractivity contribution in [2.24, 2.45) is 0 Å². The van der Waals surface area contributed by atoms with Gasteiger partial charge in [0.15, 0.2) is 0 Å². The van der Waals surface area contributed by atoms with Crippen LogP contribution in [0.1, 0.15) is 33.4 Å². The molecule has 0 aromatic heterocycles. The Hall–Kier alpha value is -2.17. The first-order valence-corrected chi connectivity index (χ1v) is 11.8. The summed E-state index contributed by atoms with van der Waals surface area (Å²) in [5, 5.41) is 0. The Kier molecular flexibility index (Phi) is 6.47. The SMILES string of the molecule is Cc1cccc(C)c1N1[B]N(c2c(C)cccc2C)B(Cl)N(c2c(C)cccc2C)B1Cl. The quantitative estimate of drug-likeness (QED) is 0.422. The molecule has 3 aromatic rings. The summed E-state index contributed by atoms with van der Waals surface area (Å²) >= 11 is 14.5. The molecule has 3 nitrogen and oxygen atoms in total. The molecule has 0 saturated carbocycles. The minimum absolute atomic E-state index is 0.488. The molecule has 4 rings (SSSR count). The third-order valence-electron chi connectivity index (χ3n) is 6.26. The van der Waals surface area contributed by atoms with Gasteiger partial charge in [-0.3, -0.25) is 0 Å². The molecule has 0 bridgehead atoms. The summed E-state index contributed by atoms with van der Waals surface area (Å²) in [5.74, 6) is 0. The number of benzene rings is 3. The minimum Gasteiger partial charge on any atom is -0.413 e. The smallest absolute Gasteiger partial charge is 0.413 e. The molecule has 0 spiro atoms. The van der Waals surface area contributed by atoms with Crippen molar-refractivity contribution in [3.8, 4) is 0 Å². The molecule has 1 aliphatic heterocycles. The predicted molar refractivity (Wildman–Crippen MR) is 144 cm³/mol. The highest BCUT2D eigenvalue weighted by Crippen LogP contribution is 2.39. The Morgan fingerprint density at radius 3 is 1.12 bits per heavy atom. The maximum atomic E-state index is 7.24. The average Bonchev–Trinajstić information content (AvgIpc) is 2.72. The van der Waals surface area contributed by atoms with E-state index in [1.165, 1.54) is 22.3 Å². The van der Waals surface area contributed by atoms with E-state index < -0.39 is 12.8 Å². The van der Waals surface area contributed by atoms with Crippen molar-refractivity contribution < 1.29 is 0 Å². The van der Waals surface area contributed by atoms with Gasteiger partial charge in [-0.1, -0.05) is 54.6 Å². The average molecular weight is 461 g/mol. The van der Waals surface area contributed by atoms with E-state index in [9.17, 15) is 0 Å². The number of hydrogen-bond donors (Lipinski definition) is 0. The highest BCUT2D eigenvalue weighted by atomic mass is 35.5. The minimum atomic E-state index is -0.488. The van der Waals surface area contributed by atoms with E-state index in [0.717, 1.165) is 28.2 Å². The first-order chi connectivity index (χ1) is 15.2. The molecule has 0 N–H and O–H groups in total. The third-order valence-corrected chi connectivity index (χ3v) is 7.10. The topological polar surface area (TPSA) is 9.72 Å². The molecule has 1 radical (unpaired) electrons. The van der Waals surface area contributed by atoms with Crippen LogP contribution in [0.2, 0.25) is 0 Å². The summed E-state index contributed by atoms with van der Waals surface area (Å²) in [6.07, 6.45) is -0.977. The Morgan fingerprint density at radius 1 is 0.531 bits per heavy atom. The Bertz CT molecular complexity index is 1030. The van der Waals surface area contributed by atoms with E-state index in [4.69, 9.17) is 22.9 Å². The van der Waals surface area contributed by atoms with E-state index in [-0.39, 0.29) is 0 Å². The van der Waals surface area contributed by atoms with Crippen molar-refractivity contribution >= 4 is 60.3 Å². The fourth-order valence-electron chi connectivity index (χ4n) is 4.79. The van der Waals surface area contributed by atoms with Crippen molar-refractivity contribution in [1.29, 1.82) is 0 Å². The van der Waals surface area contributed by atoms with E-state index >= 15 is 0 Å². The van der Waals surface area contributed by atoms with Gasteiger partial charge in [0.25, 0.3) is 0 Å². The molecule has 3 aromatic carbocycles. The van der Waals surface area contributed by atoms with Gasteiger partial charge in [0.1, 0.15) is 0 Å². The van der Waals surface area contributed by atoms with Crippen molar-refractivity contribution in [1.82, 2.24) is 0 Å². The van der Waals surface area contributed by atoms with Crippen LogP contribution in [0.15, 0.2) is 54.6 Å². The molecule has 0 unspecified atom stereocenters. The van der Waals surface area contributed by atoms with Gasteiger partial charge >= 0.3 is 20.3 Å². The lowest BCUT2D eigenvalue weighted by Crippen LogP contribution is -2.71. The fraction of sp³-hybridized carbons (Fsp3) is 0.250. The largest absolute Gasteiger partial charge is 0.463 e. The number of halogens is 2. The molecule has 8 heteroatoms. The van der Waals surface area contributed by atoms with Crippen LogP contribution >= 0.6 is 22.9 Å². The Balaban J connectivity index is 1.94. The molecule has 0 atom stereocenters. The van der Waals surface area contributed by atoms with E-state index in [1.807, 2.05) is 0 Å². The lowest BCUT2D eigenvalue weighted by Gasteiger charge is -2.50. The fourth-order valence-corrected chi connectivity index (χ4v) is 5.56. The van der Waals surface area contributed by atoms with Gasteiger partial charge in [0.2, 0.25) is 0 Å². The van der Waals surface area contributed by atoms with Gasteiger partial charge < -0.3 is 14.2 Å². The van der Waals surface area contributed by atoms with Gasteiger partial charge in [-0.15, -0.1) is 22.9 Å². The zero-order valence-electron chi connectivity index (χ0n) is 19.5. The number of anilines is 3. The van der Waals surface area contributed by atoms with E-state index in [0.29, 0.717) is 0 Å². The summed E-state index contributed by atoms with van der Waals surface area (Å²) in [6, 6.07) is 19.0. The molecule has 1 heterocycles. The molecule has 0 aliphatic carbocycles. The molecule has 32 heavy (non-hydrogen) atoms. The van der Waals surface area contributed by atoms with Crippen molar-refractivity contribution in [2.45, 2.75) is 41.5 Å². The predicted octanol–water partition coefficient (Wildman–Crippen LogP) is 6.35. The van der Waals surface area contributed by atoms with Crippen LogP contribution in [0, 0.1) is 41.5 Å². The number of hydrogen-bond acceptors (Lipinski definition) is 3. The second kappa shape index (κ2) is 9.00. The van der Waals surface area contributed by atoms with Gasteiger partial charge in [0.05, 0.1) is 0 Å². The lowest BCUT2D eigenvalue weighted by molar-refractivity contribution is 1.24. The second-order valence-corrected chi connectivity index (χ2v) is 9.46. The normalized spacial score (nSPS) is 14.2. The number of nitrogens with zero attached hydrogens (tertiary/aromatic N) is 3. The van der Waals surface area contributed by atoms with Crippen molar-refractivity contribution in [2.75, 3.05) is 14.2 Å². The molecular formula is C24H27B3Cl2N3. The zero-order valence-corrected chi connectivity index (χ0v) is 21.0. The number of aryl methyl sites for hydroxylation is 6. The lowest BCUT2D eigenvalue weighted by atomic mass is 9.69. The van der Waals surface area contributed by atoms with Gasteiger partial charge in [-0.05, 0) is 74.9 Å². The molecule has 161 valence electrons. The van der Waals surface area contributed by atoms with Crippen LogP contribution in [0.25, 0.3) is 0 Å². The molecule has 0 amide bonds. The molecule has 1 saturated heterocycles. The van der Waals surface area contributed by atoms with Crippen LogP contribution in [0.4, 0.5) is 17.1 Å². The highest BCUT2D eigenvalue weighted by Gasteiger charge is 2.48. The third kappa shape index (κ3) is 3.88. The van der Waals surface area contributed by atoms with Crippen molar-refractivity contribution in [3.05, 3.63) is 88.0 Å². The standard InChI is InChI=1S/C24H27B3Cl2N3/c1-16-10-7-11-17(2)22(16)30-25-31(23-18(3)12-8-13-19(23)4)27(29)32(26(30)28)24-20(5)14-9-15-21(24)6/h7-15H,1-6H3.